The average molecular weight is 300 g/mol. The van der Waals surface area contributed by atoms with E-state index < -0.39 is 10.6 Å². The maximum atomic E-state index is 10.9. The van der Waals surface area contributed by atoms with Gasteiger partial charge in [-0.15, -0.1) is 0 Å². The van der Waals surface area contributed by atoms with Gasteiger partial charge in [0.2, 0.25) is 5.15 Å². The van der Waals surface area contributed by atoms with E-state index in [2.05, 4.69) is 9.97 Å². The minimum Gasteiger partial charge on any atom is -0.468 e. The van der Waals surface area contributed by atoms with E-state index in [-0.39, 0.29) is 17.6 Å². The molecule has 1 aromatic heterocycles. The third kappa shape index (κ3) is 3.10. The largest absolute Gasteiger partial charge is 0.468 e. The second kappa shape index (κ2) is 5.81. The van der Waals surface area contributed by atoms with Crippen molar-refractivity contribution in [3.8, 4) is 5.88 Å². The molecule has 0 saturated carbocycles. The Kier molecular flexibility index (Phi) is 4.13. The highest BCUT2D eigenvalue weighted by Gasteiger charge is 2.23. The number of hydrogen-bond donors (Lipinski definition) is 0. The number of ether oxygens (including phenoxy) is 1. The minimum absolute atomic E-state index is 0.0495. The van der Waals surface area contributed by atoms with E-state index in [0.717, 1.165) is 6.33 Å². The van der Waals surface area contributed by atoms with Gasteiger partial charge in [0.15, 0.2) is 0 Å². The van der Waals surface area contributed by atoms with Gasteiger partial charge in [-0.1, -0.05) is 41.4 Å². The number of nitrogens with zero attached hydrogens (tertiary/aromatic N) is 3. The lowest BCUT2D eigenvalue weighted by Crippen LogP contribution is -2.03. The van der Waals surface area contributed by atoms with Gasteiger partial charge in [0, 0.05) is 10.6 Å². The summed E-state index contributed by atoms with van der Waals surface area (Å²) < 4.78 is 5.28. The molecule has 6 nitrogen and oxygen atoms in total. The van der Waals surface area contributed by atoms with Crippen LogP contribution < -0.4 is 4.74 Å². The fourth-order valence-corrected chi connectivity index (χ4v) is 1.75. The van der Waals surface area contributed by atoms with Gasteiger partial charge in [0.05, 0.1) is 4.92 Å². The molecule has 19 heavy (non-hydrogen) atoms. The smallest absolute Gasteiger partial charge is 0.367 e. The molecule has 1 heterocycles. The summed E-state index contributed by atoms with van der Waals surface area (Å²) in [5.41, 5.74) is 0.226. The summed E-state index contributed by atoms with van der Waals surface area (Å²) in [6.45, 7) is 0.0495. The van der Waals surface area contributed by atoms with Gasteiger partial charge < -0.3 is 4.74 Å². The number of benzene rings is 1. The molecule has 0 atom stereocenters. The van der Waals surface area contributed by atoms with Gasteiger partial charge in [0.1, 0.15) is 12.9 Å². The molecule has 0 amide bonds. The van der Waals surface area contributed by atoms with Gasteiger partial charge >= 0.3 is 5.69 Å². The van der Waals surface area contributed by atoms with E-state index >= 15 is 0 Å². The monoisotopic (exact) mass is 299 g/mol. The van der Waals surface area contributed by atoms with Crippen LogP contribution in [-0.2, 0) is 6.61 Å². The van der Waals surface area contributed by atoms with Crippen LogP contribution in [0.1, 0.15) is 5.56 Å². The first-order chi connectivity index (χ1) is 9.09. The van der Waals surface area contributed by atoms with E-state index in [0.29, 0.717) is 10.6 Å². The zero-order valence-corrected chi connectivity index (χ0v) is 10.9. The molecule has 2 aromatic rings. The highest BCUT2D eigenvalue weighted by atomic mass is 35.5. The van der Waals surface area contributed by atoms with Crippen molar-refractivity contribution in [2.45, 2.75) is 6.61 Å². The Labute approximate surface area is 118 Å². The van der Waals surface area contributed by atoms with Crippen molar-refractivity contribution in [2.24, 2.45) is 0 Å². The van der Waals surface area contributed by atoms with Crippen LogP contribution in [0.5, 0.6) is 5.88 Å². The quantitative estimate of drug-likeness (QED) is 0.492. The molecule has 0 unspecified atom stereocenters. The third-order valence-corrected chi connectivity index (χ3v) is 2.89. The Morgan fingerprint density at radius 3 is 2.68 bits per heavy atom. The van der Waals surface area contributed by atoms with Gasteiger partial charge in [-0.3, -0.25) is 10.1 Å². The first-order valence-electron chi connectivity index (χ1n) is 5.10. The summed E-state index contributed by atoms with van der Waals surface area (Å²) in [6.07, 6.45) is 1.09. The summed E-state index contributed by atoms with van der Waals surface area (Å²) in [5, 5.41) is 11.1. The zero-order chi connectivity index (χ0) is 13.8. The summed E-state index contributed by atoms with van der Waals surface area (Å²) in [6, 6.07) is 7.00. The van der Waals surface area contributed by atoms with Crippen molar-refractivity contribution in [1.82, 2.24) is 9.97 Å². The highest BCUT2D eigenvalue weighted by Crippen LogP contribution is 2.31. The van der Waals surface area contributed by atoms with Crippen molar-refractivity contribution >= 4 is 28.9 Å². The number of hydrogen-bond acceptors (Lipinski definition) is 5. The molecule has 0 aliphatic rings. The molecule has 0 fully saturated rings. The standard InChI is InChI=1S/C11H7Cl2N3O3/c12-8-4-2-1-3-7(8)5-19-11-9(16(17)18)10(13)14-6-15-11/h1-4,6H,5H2. The Balaban J connectivity index is 2.23. The van der Waals surface area contributed by atoms with E-state index in [1.54, 1.807) is 24.3 Å². The Morgan fingerprint density at radius 1 is 1.26 bits per heavy atom. The van der Waals surface area contributed by atoms with Crippen LogP contribution in [0, 0.1) is 10.1 Å². The second-order valence-electron chi connectivity index (χ2n) is 3.46. The summed E-state index contributed by atoms with van der Waals surface area (Å²) in [5.74, 6) is -0.190. The number of rotatable bonds is 4. The molecular formula is C11H7Cl2N3O3. The van der Waals surface area contributed by atoms with E-state index in [9.17, 15) is 10.1 Å². The topological polar surface area (TPSA) is 78.2 Å². The van der Waals surface area contributed by atoms with Crippen molar-refractivity contribution in [3.05, 3.63) is 56.4 Å². The number of aromatic nitrogens is 2. The van der Waals surface area contributed by atoms with Crippen LogP contribution in [0.25, 0.3) is 0 Å². The van der Waals surface area contributed by atoms with Gasteiger partial charge in [-0.05, 0) is 6.07 Å². The fraction of sp³-hybridized carbons (Fsp3) is 0.0909. The first-order valence-corrected chi connectivity index (χ1v) is 5.86. The van der Waals surface area contributed by atoms with Crippen molar-refractivity contribution in [2.75, 3.05) is 0 Å². The van der Waals surface area contributed by atoms with Crippen molar-refractivity contribution in [3.63, 3.8) is 0 Å². The first kappa shape index (κ1) is 13.5. The van der Waals surface area contributed by atoms with E-state index in [4.69, 9.17) is 27.9 Å². The lowest BCUT2D eigenvalue weighted by atomic mass is 10.2. The third-order valence-electron chi connectivity index (χ3n) is 2.25. The van der Waals surface area contributed by atoms with Gasteiger partial charge in [0.25, 0.3) is 5.88 Å². The summed E-state index contributed by atoms with van der Waals surface area (Å²) >= 11 is 11.6. The molecule has 0 radical (unpaired) electrons. The van der Waals surface area contributed by atoms with Crippen molar-refractivity contribution in [1.29, 1.82) is 0 Å². The molecule has 0 bridgehead atoms. The number of halogens is 2. The van der Waals surface area contributed by atoms with E-state index in [1.165, 1.54) is 0 Å². The maximum absolute atomic E-state index is 10.9. The molecule has 0 aliphatic heterocycles. The highest BCUT2D eigenvalue weighted by molar-refractivity contribution is 6.31. The molecule has 0 aliphatic carbocycles. The molecule has 2 rings (SSSR count). The minimum atomic E-state index is -0.690. The number of nitro groups is 1. The van der Waals surface area contributed by atoms with Crippen LogP contribution in [0.2, 0.25) is 10.2 Å². The lowest BCUT2D eigenvalue weighted by Gasteiger charge is -2.07. The normalized spacial score (nSPS) is 10.2. The Hall–Kier alpha value is -1.92. The predicted molar refractivity (Wildman–Crippen MR) is 69.5 cm³/mol. The summed E-state index contributed by atoms with van der Waals surface area (Å²) in [4.78, 5) is 17.4. The zero-order valence-electron chi connectivity index (χ0n) is 9.42. The molecule has 8 heteroatoms. The SMILES string of the molecule is O=[N+]([O-])c1c(Cl)ncnc1OCc1ccccc1Cl. The van der Waals surface area contributed by atoms with Gasteiger partial charge in [-0.25, -0.2) is 4.98 Å². The van der Waals surface area contributed by atoms with E-state index in [1.807, 2.05) is 0 Å². The Bertz CT molecular complexity index is 622. The molecular weight excluding hydrogens is 293 g/mol. The van der Waals surface area contributed by atoms with Crippen LogP contribution in [0.4, 0.5) is 5.69 Å². The maximum Gasteiger partial charge on any atom is 0.367 e. The fourth-order valence-electron chi connectivity index (χ4n) is 1.36. The Morgan fingerprint density at radius 2 is 2.00 bits per heavy atom. The lowest BCUT2D eigenvalue weighted by molar-refractivity contribution is -0.386. The molecule has 0 N–H and O–H groups in total. The molecule has 0 saturated heterocycles. The van der Waals surface area contributed by atoms with Crippen molar-refractivity contribution < 1.29 is 9.66 Å². The van der Waals surface area contributed by atoms with Crippen LogP contribution in [0.15, 0.2) is 30.6 Å². The van der Waals surface area contributed by atoms with Gasteiger partial charge in [-0.2, -0.15) is 4.98 Å². The van der Waals surface area contributed by atoms with Crippen LogP contribution in [-0.4, -0.2) is 14.9 Å². The molecule has 98 valence electrons. The van der Waals surface area contributed by atoms with Crippen LogP contribution >= 0.6 is 23.2 Å². The van der Waals surface area contributed by atoms with Crippen LogP contribution in [0.3, 0.4) is 0 Å². The predicted octanol–water partition coefficient (Wildman–Crippen LogP) is 3.27. The average Bonchev–Trinajstić information content (AvgIpc) is 2.37. The molecule has 1 aromatic carbocycles. The summed E-state index contributed by atoms with van der Waals surface area (Å²) in [7, 11) is 0. The second-order valence-corrected chi connectivity index (χ2v) is 4.22. The molecule has 0 spiro atoms.